The molecule has 1 atom stereocenters. The number of hydrogen-bond acceptors (Lipinski definition) is 3. The van der Waals surface area contributed by atoms with Crippen molar-refractivity contribution in [2.24, 2.45) is 23.5 Å². The molecule has 0 aromatic carbocycles. The number of rotatable bonds is 3. The zero-order chi connectivity index (χ0) is 14.0. The van der Waals surface area contributed by atoms with Crippen molar-refractivity contribution in [1.29, 1.82) is 0 Å². The fourth-order valence-electron chi connectivity index (χ4n) is 3.13. The van der Waals surface area contributed by atoms with Crippen LogP contribution in [0.4, 0.5) is 4.79 Å². The van der Waals surface area contributed by atoms with Crippen LogP contribution in [0, 0.1) is 17.8 Å². The number of nitrogens with zero attached hydrogens (tertiary/aromatic N) is 1. The molecular formula is C15H28N2O2. The van der Waals surface area contributed by atoms with Gasteiger partial charge in [0.25, 0.3) is 0 Å². The molecule has 1 aliphatic carbocycles. The molecule has 1 amide bonds. The molecule has 1 saturated carbocycles. The molecule has 1 saturated heterocycles. The average Bonchev–Trinajstić information content (AvgIpc) is 3.13. The lowest BCUT2D eigenvalue weighted by atomic mass is 9.81. The van der Waals surface area contributed by atoms with E-state index >= 15 is 0 Å². The maximum Gasteiger partial charge on any atom is 0.410 e. The summed E-state index contributed by atoms with van der Waals surface area (Å²) < 4.78 is 5.42. The van der Waals surface area contributed by atoms with E-state index in [-0.39, 0.29) is 6.09 Å². The first-order valence-corrected chi connectivity index (χ1v) is 7.58. The third-order valence-corrected chi connectivity index (χ3v) is 4.30. The van der Waals surface area contributed by atoms with Gasteiger partial charge in [-0.15, -0.1) is 0 Å². The number of likely N-dealkylation sites (tertiary alicyclic amines) is 1. The van der Waals surface area contributed by atoms with Crippen molar-refractivity contribution in [1.82, 2.24) is 4.90 Å². The molecule has 0 spiro atoms. The van der Waals surface area contributed by atoms with Gasteiger partial charge in [-0.05, 0) is 70.8 Å². The summed E-state index contributed by atoms with van der Waals surface area (Å²) in [5, 5.41) is 0. The minimum atomic E-state index is -0.401. The molecule has 1 unspecified atom stereocenters. The maximum absolute atomic E-state index is 12.0. The van der Waals surface area contributed by atoms with E-state index in [1.807, 2.05) is 25.7 Å². The molecule has 110 valence electrons. The molecule has 2 aliphatic rings. The van der Waals surface area contributed by atoms with Crippen LogP contribution in [0.3, 0.4) is 0 Å². The number of nitrogens with two attached hydrogens (primary N) is 1. The zero-order valence-corrected chi connectivity index (χ0v) is 12.5. The second-order valence-electron chi connectivity index (χ2n) is 7.04. The van der Waals surface area contributed by atoms with E-state index < -0.39 is 5.60 Å². The van der Waals surface area contributed by atoms with Crippen molar-refractivity contribution >= 4 is 6.09 Å². The van der Waals surface area contributed by atoms with E-state index in [9.17, 15) is 4.79 Å². The lowest BCUT2D eigenvalue weighted by Gasteiger charge is -2.36. The van der Waals surface area contributed by atoms with Gasteiger partial charge < -0.3 is 15.4 Å². The van der Waals surface area contributed by atoms with Crippen molar-refractivity contribution in [2.45, 2.75) is 52.1 Å². The van der Waals surface area contributed by atoms with Crippen molar-refractivity contribution in [3.8, 4) is 0 Å². The van der Waals surface area contributed by atoms with Crippen LogP contribution in [-0.2, 0) is 4.74 Å². The molecule has 19 heavy (non-hydrogen) atoms. The average molecular weight is 268 g/mol. The predicted octanol–water partition coefficient (Wildman–Crippen LogP) is 2.62. The number of hydrogen-bond donors (Lipinski definition) is 1. The Kier molecular flexibility index (Phi) is 4.39. The number of carbonyl (C=O) groups is 1. The van der Waals surface area contributed by atoms with E-state index in [0.717, 1.165) is 38.4 Å². The summed E-state index contributed by atoms with van der Waals surface area (Å²) in [6.45, 7) is 8.19. The highest BCUT2D eigenvalue weighted by Gasteiger charge is 2.37. The number of ether oxygens (including phenoxy) is 1. The van der Waals surface area contributed by atoms with Gasteiger partial charge in [0.1, 0.15) is 5.60 Å². The number of carbonyl (C=O) groups excluding carboxylic acids is 1. The minimum absolute atomic E-state index is 0.165. The molecule has 1 aliphatic heterocycles. The highest BCUT2D eigenvalue weighted by molar-refractivity contribution is 5.68. The Morgan fingerprint density at radius 1 is 1.21 bits per heavy atom. The molecule has 0 aromatic heterocycles. The minimum Gasteiger partial charge on any atom is -0.444 e. The molecule has 4 nitrogen and oxygen atoms in total. The molecule has 2 N–H and O–H groups in total. The van der Waals surface area contributed by atoms with Crippen LogP contribution in [0.1, 0.15) is 46.5 Å². The number of amides is 1. The SMILES string of the molecule is CC(C)(C)OC(=O)N1CCC(C(CN)C2CC2)CC1. The topological polar surface area (TPSA) is 55.6 Å². The van der Waals surface area contributed by atoms with Crippen molar-refractivity contribution < 1.29 is 9.53 Å². The largest absolute Gasteiger partial charge is 0.444 e. The summed E-state index contributed by atoms with van der Waals surface area (Å²) >= 11 is 0. The Morgan fingerprint density at radius 3 is 2.16 bits per heavy atom. The van der Waals surface area contributed by atoms with Gasteiger partial charge in [0, 0.05) is 13.1 Å². The highest BCUT2D eigenvalue weighted by atomic mass is 16.6. The smallest absolute Gasteiger partial charge is 0.410 e. The van der Waals surface area contributed by atoms with E-state index in [1.165, 1.54) is 12.8 Å². The third-order valence-electron chi connectivity index (χ3n) is 4.30. The van der Waals surface area contributed by atoms with Crippen LogP contribution < -0.4 is 5.73 Å². The standard InChI is InChI=1S/C15H28N2O2/c1-15(2,3)19-14(18)17-8-6-12(7-9-17)13(10-16)11-4-5-11/h11-13H,4-10,16H2,1-3H3. The van der Waals surface area contributed by atoms with Crippen LogP contribution in [0.25, 0.3) is 0 Å². The van der Waals surface area contributed by atoms with Gasteiger partial charge in [0.15, 0.2) is 0 Å². The fraction of sp³-hybridized carbons (Fsp3) is 0.933. The van der Waals surface area contributed by atoms with Gasteiger partial charge in [0.05, 0.1) is 0 Å². The van der Waals surface area contributed by atoms with Gasteiger partial charge in [-0.1, -0.05) is 0 Å². The quantitative estimate of drug-likeness (QED) is 0.856. The van der Waals surface area contributed by atoms with Gasteiger partial charge in [-0.3, -0.25) is 0 Å². The normalized spacial score (nSPS) is 23.3. The zero-order valence-electron chi connectivity index (χ0n) is 12.5. The van der Waals surface area contributed by atoms with E-state index in [4.69, 9.17) is 10.5 Å². The predicted molar refractivity (Wildman–Crippen MR) is 75.8 cm³/mol. The molecule has 0 bridgehead atoms. The Labute approximate surface area is 116 Å². The van der Waals surface area contributed by atoms with E-state index in [1.54, 1.807) is 0 Å². The first kappa shape index (κ1) is 14.6. The summed E-state index contributed by atoms with van der Waals surface area (Å²) in [4.78, 5) is 13.8. The lowest BCUT2D eigenvalue weighted by Crippen LogP contribution is -2.43. The van der Waals surface area contributed by atoms with Gasteiger partial charge in [-0.2, -0.15) is 0 Å². The molecule has 4 heteroatoms. The van der Waals surface area contributed by atoms with Crippen LogP contribution in [0.5, 0.6) is 0 Å². The van der Waals surface area contributed by atoms with Crippen LogP contribution in [0.15, 0.2) is 0 Å². The highest BCUT2D eigenvalue weighted by Crippen LogP contribution is 2.43. The van der Waals surface area contributed by atoms with Crippen molar-refractivity contribution in [3.63, 3.8) is 0 Å². The summed E-state index contributed by atoms with van der Waals surface area (Å²) in [7, 11) is 0. The second kappa shape index (κ2) is 5.70. The second-order valence-corrected chi connectivity index (χ2v) is 7.04. The van der Waals surface area contributed by atoms with Crippen molar-refractivity contribution in [2.75, 3.05) is 19.6 Å². The monoisotopic (exact) mass is 268 g/mol. The Hall–Kier alpha value is -0.770. The summed E-state index contributed by atoms with van der Waals surface area (Å²) in [6.07, 6.45) is 4.71. The lowest BCUT2D eigenvalue weighted by molar-refractivity contribution is 0.0155. The van der Waals surface area contributed by atoms with E-state index in [2.05, 4.69) is 0 Å². The molecule has 0 aromatic rings. The molecule has 2 fully saturated rings. The van der Waals surface area contributed by atoms with Crippen molar-refractivity contribution in [3.05, 3.63) is 0 Å². The maximum atomic E-state index is 12.0. The molecule has 2 rings (SSSR count). The van der Waals surface area contributed by atoms with Crippen LogP contribution >= 0.6 is 0 Å². The molecule has 1 heterocycles. The summed E-state index contributed by atoms with van der Waals surface area (Å²) in [6, 6.07) is 0. The van der Waals surface area contributed by atoms with Gasteiger partial charge in [-0.25, -0.2) is 4.79 Å². The first-order valence-electron chi connectivity index (χ1n) is 7.58. The fourth-order valence-corrected chi connectivity index (χ4v) is 3.13. The Morgan fingerprint density at radius 2 is 1.74 bits per heavy atom. The van der Waals surface area contributed by atoms with Gasteiger partial charge >= 0.3 is 6.09 Å². The van der Waals surface area contributed by atoms with Gasteiger partial charge in [0.2, 0.25) is 0 Å². The Bertz CT molecular complexity index is 313. The van der Waals surface area contributed by atoms with E-state index in [0.29, 0.717) is 11.8 Å². The summed E-state index contributed by atoms with van der Waals surface area (Å²) in [5.74, 6) is 2.25. The first-order chi connectivity index (χ1) is 8.90. The third kappa shape index (κ3) is 4.10. The molecule has 0 radical (unpaired) electrons. The van der Waals surface area contributed by atoms with Crippen LogP contribution in [0.2, 0.25) is 0 Å². The summed E-state index contributed by atoms with van der Waals surface area (Å²) in [5.41, 5.74) is 5.52. The van der Waals surface area contributed by atoms with Crippen LogP contribution in [-0.4, -0.2) is 36.2 Å². The molecular weight excluding hydrogens is 240 g/mol. The Balaban J connectivity index is 1.80. The number of piperidine rings is 1.